The van der Waals surface area contributed by atoms with E-state index in [-0.39, 0.29) is 6.79 Å². The molecule has 2 aromatic carbocycles. The molecule has 2 aliphatic heterocycles. The fourth-order valence-electron chi connectivity index (χ4n) is 3.88. The molecule has 0 bridgehead atoms. The summed E-state index contributed by atoms with van der Waals surface area (Å²) in [6.07, 6.45) is 3.72. The van der Waals surface area contributed by atoms with Crippen LogP contribution in [0.4, 0.5) is 11.5 Å². The van der Waals surface area contributed by atoms with Crippen LogP contribution in [0.2, 0.25) is 5.02 Å². The number of piperidine rings is 1. The highest BCUT2D eigenvalue weighted by atomic mass is 35.5. The van der Waals surface area contributed by atoms with Gasteiger partial charge in [-0.2, -0.15) is 0 Å². The number of ether oxygens (including phenoxy) is 4. The van der Waals surface area contributed by atoms with Crippen molar-refractivity contribution in [2.45, 2.75) is 12.8 Å². The molecule has 162 valence electrons. The molecular weight excluding hydrogens is 420 g/mol. The molecule has 1 aromatic heterocycles. The molecule has 8 nitrogen and oxygen atoms in total. The Kier molecular flexibility index (Phi) is 5.57. The third kappa shape index (κ3) is 4.00. The minimum atomic E-state index is 0.153. The maximum Gasteiger partial charge on any atom is 0.231 e. The number of halogens is 1. The van der Waals surface area contributed by atoms with Gasteiger partial charge in [0.15, 0.2) is 23.0 Å². The highest BCUT2D eigenvalue weighted by molar-refractivity contribution is 6.34. The minimum Gasteiger partial charge on any atom is -0.493 e. The number of nitrogens with one attached hydrogen (secondary N) is 2. The summed E-state index contributed by atoms with van der Waals surface area (Å²) in [7, 11) is 1.63. The first kappa shape index (κ1) is 20.0. The Bertz CT molecular complexity index is 1100. The Balaban J connectivity index is 1.46. The van der Waals surface area contributed by atoms with Crippen LogP contribution in [-0.4, -0.2) is 43.6 Å². The van der Waals surface area contributed by atoms with Gasteiger partial charge in [0.2, 0.25) is 6.79 Å². The van der Waals surface area contributed by atoms with Crippen molar-refractivity contribution in [3.63, 3.8) is 0 Å². The van der Waals surface area contributed by atoms with Crippen molar-refractivity contribution in [1.29, 1.82) is 0 Å². The molecule has 9 heteroatoms. The van der Waals surface area contributed by atoms with Crippen LogP contribution in [0.3, 0.4) is 0 Å². The number of fused-ring (bicyclic) bond motifs is 2. The molecule has 2 aliphatic rings. The number of aromatic nitrogens is 2. The highest BCUT2D eigenvalue weighted by Crippen LogP contribution is 2.45. The third-order valence-electron chi connectivity index (χ3n) is 5.59. The van der Waals surface area contributed by atoms with E-state index < -0.39 is 0 Å². The second-order valence-electron chi connectivity index (χ2n) is 7.53. The Hall–Kier alpha value is -2.97. The van der Waals surface area contributed by atoms with Crippen LogP contribution in [-0.2, 0) is 0 Å². The largest absolute Gasteiger partial charge is 0.493 e. The van der Waals surface area contributed by atoms with Crippen molar-refractivity contribution in [3.05, 3.63) is 35.6 Å². The average Bonchev–Trinajstić information content (AvgIpc) is 3.29. The maximum absolute atomic E-state index is 6.42. The van der Waals surface area contributed by atoms with Crippen molar-refractivity contribution >= 4 is 34.0 Å². The average molecular weight is 443 g/mol. The molecule has 0 atom stereocenters. The van der Waals surface area contributed by atoms with Crippen LogP contribution in [0.25, 0.3) is 10.9 Å². The van der Waals surface area contributed by atoms with Crippen molar-refractivity contribution < 1.29 is 18.9 Å². The second kappa shape index (κ2) is 8.64. The zero-order valence-electron chi connectivity index (χ0n) is 17.1. The summed E-state index contributed by atoms with van der Waals surface area (Å²) in [5.74, 6) is 3.62. The Labute approximate surface area is 184 Å². The first-order valence-electron chi connectivity index (χ1n) is 10.2. The standard InChI is InChI=1S/C22H23ClN4O4/c1-28-18-8-14-16(9-19(18)29-10-13-4-6-24-7-5-13)25-11-26-22(14)27-20-15(23)2-3-17-21(20)31-12-30-17/h2-3,8-9,11,13,24H,4-7,10,12H2,1H3,(H,25,26,27). The fourth-order valence-corrected chi connectivity index (χ4v) is 4.07. The number of rotatable bonds is 6. The van der Waals surface area contributed by atoms with Gasteiger partial charge in [0.1, 0.15) is 17.8 Å². The lowest BCUT2D eigenvalue weighted by atomic mass is 9.99. The molecule has 0 unspecified atom stereocenters. The Morgan fingerprint density at radius 2 is 2.03 bits per heavy atom. The summed E-state index contributed by atoms with van der Waals surface area (Å²) >= 11 is 6.42. The molecule has 0 radical (unpaired) electrons. The summed E-state index contributed by atoms with van der Waals surface area (Å²) in [5.41, 5.74) is 1.33. The van der Waals surface area contributed by atoms with E-state index in [1.165, 1.54) is 6.33 Å². The number of nitrogens with zero attached hydrogens (tertiary/aromatic N) is 2. The first-order chi connectivity index (χ1) is 15.2. The predicted molar refractivity (Wildman–Crippen MR) is 118 cm³/mol. The summed E-state index contributed by atoms with van der Waals surface area (Å²) in [4.78, 5) is 8.84. The lowest BCUT2D eigenvalue weighted by Crippen LogP contribution is -2.30. The lowest BCUT2D eigenvalue weighted by Gasteiger charge is -2.23. The maximum atomic E-state index is 6.42. The van der Waals surface area contributed by atoms with Gasteiger partial charge in [0.05, 0.1) is 24.3 Å². The van der Waals surface area contributed by atoms with Gasteiger partial charge in [-0.25, -0.2) is 9.97 Å². The van der Waals surface area contributed by atoms with Gasteiger partial charge in [-0.1, -0.05) is 11.6 Å². The quantitative estimate of drug-likeness (QED) is 0.589. The van der Waals surface area contributed by atoms with Gasteiger partial charge < -0.3 is 29.6 Å². The number of anilines is 2. The van der Waals surface area contributed by atoms with E-state index in [1.807, 2.05) is 12.1 Å². The van der Waals surface area contributed by atoms with Gasteiger partial charge in [-0.05, 0) is 50.0 Å². The second-order valence-corrected chi connectivity index (χ2v) is 7.94. The van der Waals surface area contributed by atoms with Crippen molar-refractivity contribution in [2.24, 2.45) is 5.92 Å². The molecule has 0 saturated carbocycles. The summed E-state index contributed by atoms with van der Waals surface area (Å²) in [6, 6.07) is 7.31. The van der Waals surface area contributed by atoms with Gasteiger partial charge in [-0.15, -0.1) is 0 Å². The highest BCUT2D eigenvalue weighted by Gasteiger charge is 2.22. The zero-order chi connectivity index (χ0) is 21.2. The van der Waals surface area contributed by atoms with Crippen LogP contribution in [0, 0.1) is 5.92 Å². The number of hydrogen-bond acceptors (Lipinski definition) is 8. The van der Waals surface area contributed by atoms with Crippen LogP contribution in [0.15, 0.2) is 30.6 Å². The molecule has 0 aliphatic carbocycles. The molecule has 5 rings (SSSR count). The summed E-state index contributed by atoms with van der Waals surface area (Å²) in [5, 5.41) is 7.94. The number of hydrogen-bond donors (Lipinski definition) is 2. The lowest BCUT2D eigenvalue weighted by molar-refractivity contribution is 0.174. The van der Waals surface area contributed by atoms with Gasteiger partial charge >= 0.3 is 0 Å². The van der Waals surface area contributed by atoms with Crippen molar-refractivity contribution in [1.82, 2.24) is 15.3 Å². The molecule has 31 heavy (non-hydrogen) atoms. The third-order valence-corrected chi connectivity index (χ3v) is 5.90. The van der Waals surface area contributed by atoms with Gasteiger partial charge in [0.25, 0.3) is 0 Å². The number of methoxy groups -OCH3 is 1. The molecule has 1 saturated heterocycles. The van der Waals surface area contributed by atoms with E-state index in [2.05, 4.69) is 20.6 Å². The van der Waals surface area contributed by atoms with Crippen molar-refractivity contribution in [2.75, 3.05) is 38.9 Å². The number of benzene rings is 2. The van der Waals surface area contributed by atoms with E-state index in [1.54, 1.807) is 19.2 Å². The SMILES string of the molecule is COc1cc2c(Nc3c(Cl)ccc4c3OCO4)ncnc2cc1OCC1CCNCC1. The van der Waals surface area contributed by atoms with E-state index >= 15 is 0 Å². The van der Waals surface area contributed by atoms with E-state index in [0.29, 0.717) is 52.1 Å². The van der Waals surface area contributed by atoms with E-state index in [9.17, 15) is 0 Å². The Morgan fingerprint density at radius 3 is 2.87 bits per heavy atom. The van der Waals surface area contributed by atoms with Crippen LogP contribution >= 0.6 is 11.6 Å². The van der Waals surface area contributed by atoms with Crippen molar-refractivity contribution in [3.8, 4) is 23.0 Å². The predicted octanol–water partition coefficient (Wildman–Crippen LogP) is 4.14. The summed E-state index contributed by atoms with van der Waals surface area (Å²) in [6.45, 7) is 2.88. The van der Waals surface area contributed by atoms with Crippen LogP contribution in [0.1, 0.15) is 12.8 Å². The first-order valence-corrected chi connectivity index (χ1v) is 10.6. The summed E-state index contributed by atoms with van der Waals surface area (Å²) < 4.78 is 22.8. The molecular formula is C22H23ClN4O4. The van der Waals surface area contributed by atoms with Crippen LogP contribution < -0.4 is 29.6 Å². The monoisotopic (exact) mass is 442 g/mol. The van der Waals surface area contributed by atoms with Gasteiger partial charge in [0, 0.05) is 11.5 Å². The van der Waals surface area contributed by atoms with E-state index in [4.69, 9.17) is 30.5 Å². The Morgan fingerprint density at radius 1 is 1.16 bits per heavy atom. The molecule has 3 heterocycles. The van der Waals surface area contributed by atoms with Crippen LogP contribution in [0.5, 0.6) is 23.0 Å². The zero-order valence-corrected chi connectivity index (χ0v) is 17.9. The minimum absolute atomic E-state index is 0.153. The topological polar surface area (TPSA) is 86.8 Å². The molecule has 1 fully saturated rings. The molecule has 3 aromatic rings. The normalized spacial score (nSPS) is 15.8. The fraction of sp³-hybridized carbons (Fsp3) is 0.364. The molecule has 2 N–H and O–H groups in total. The smallest absolute Gasteiger partial charge is 0.231 e. The van der Waals surface area contributed by atoms with Gasteiger partial charge in [-0.3, -0.25) is 0 Å². The molecule has 0 spiro atoms. The van der Waals surface area contributed by atoms with E-state index in [0.717, 1.165) is 36.8 Å². The molecule has 0 amide bonds.